The van der Waals surface area contributed by atoms with Crippen molar-refractivity contribution in [2.24, 2.45) is 0 Å². The van der Waals surface area contributed by atoms with Crippen LogP contribution in [0.4, 0.5) is 0 Å². The first-order valence-electron chi connectivity index (χ1n) is 4.15. The minimum absolute atomic E-state index is 0. The molecule has 0 aromatic rings. The number of ether oxygens (including phenoxy) is 1. The van der Waals surface area contributed by atoms with Gasteiger partial charge in [0, 0.05) is 0 Å². The monoisotopic (exact) mass is 266 g/mol. The van der Waals surface area contributed by atoms with Crippen molar-refractivity contribution in [2.45, 2.75) is 24.4 Å². The summed E-state index contributed by atoms with van der Waals surface area (Å²) < 4.78 is 19.1. The summed E-state index contributed by atoms with van der Waals surface area (Å²) in [5.74, 6) is 0. The number of phosphoric ester groups is 1. The van der Waals surface area contributed by atoms with Crippen molar-refractivity contribution >= 4 is 7.82 Å². The fourth-order valence-corrected chi connectivity index (χ4v) is 1.52. The first kappa shape index (κ1) is 16.9. The summed E-state index contributed by atoms with van der Waals surface area (Å²) in [6.07, 6.45) is -5.25. The van der Waals surface area contributed by atoms with E-state index < -0.39 is 38.8 Å². The van der Waals surface area contributed by atoms with Crippen LogP contribution in [0.1, 0.15) is 0 Å². The molecule has 10 heteroatoms. The van der Waals surface area contributed by atoms with Gasteiger partial charge in [-0.3, -0.25) is 4.57 Å². The first-order chi connectivity index (χ1) is 6.81. The number of aliphatic hydroxyl groups is 3. The molecule has 0 spiro atoms. The molecule has 0 aromatic carbocycles. The predicted octanol–water partition coefficient (Wildman–Crippen LogP) is -6.05. The van der Waals surface area contributed by atoms with Crippen molar-refractivity contribution in [3.63, 3.8) is 0 Å². The molecule has 0 saturated carbocycles. The molecule has 4 N–H and O–H groups in total. The number of hydrogen-bond acceptors (Lipinski definition) is 7. The summed E-state index contributed by atoms with van der Waals surface area (Å²) in [5, 5.41) is 27.6. The molecule has 1 aliphatic heterocycles. The molecule has 1 heterocycles. The van der Waals surface area contributed by atoms with Gasteiger partial charge in [0.15, 0.2) is 0 Å². The van der Waals surface area contributed by atoms with Gasteiger partial charge in [-0.15, -0.1) is 0 Å². The number of hydrogen-bond donors (Lipinski definition) is 4. The summed E-state index contributed by atoms with van der Waals surface area (Å²) in [6.45, 7) is -0.872. The van der Waals surface area contributed by atoms with E-state index in [2.05, 4.69) is 4.52 Å². The maximum Gasteiger partial charge on any atom is 1.00 e. The van der Waals surface area contributed by atoms with Crippen molar-refractivity contribution in [2.75, 3.05) is 13.2 Å². The summed E-state index contributed by atoms with van der Waals surface area (Å²) in [5.41, 5.74) is 0. The van der Waals surface area contributed by atoms with Gasteiger partial charge in [-0.05, 0) is 0 Å². The zero-order valence-electron chi connectivity index (χ0n) is 8.59. The third kappa shape index (κ3) is 5.07. The summed E-state index contributed by atoms with van der Waals surface area (Å²) in [7, 11) is -4.88. The van der Waals surface area contributed by atoms with Gasteiger partial charge < -0.3 is 34.4 Å². The molecule has 1 saturated heterocycles. The maximum absolute atomic E-state index is 10.2. The van der Waals surface area contributed by atoms with Crippen LogP contribution in [-0.4, -0.2) is 57.8 Å². The Bertz CT molecular complexity index is 257. The minimum Gasteiger partial charge on any atom is -0.756 e. The Morgan fingerprint density at radius 2 is 1.94 bits per heavy atom. The predicted molar refractivity (Wildman–Crippen MR) is 43.5 cm³/mol. The van der Waals surface area contributed by atoms with E-state index in [1.165, 1.54) is 0 Å². The quantitative estimate of drug-likeness (QED) is 0.292. The molecule has 90 valence electrons. The average molecular weight is 266 g/mol. The van der Waals surface area contributed by atoms with E-state index in [4.69, 9.17) is 14.7 Å². The molecule has 1 rings (SSSR count). The zero-order chi connectivity index (χ0) is 11.6. The zero-order valence-corrected chi connectivity index (χ0v) is 11.5. The molecule has 0 bridgehead atoms. The second-order valence-electron chi connectivity index (χ2n) is 3.18. The minimum atomic E-state index is -4.88. The van der Waals surface area contributed by atoms with Gasteiger partial charge in [-0.2, -0.15) is 0 Å². The van der Waals surface area contributed by atoms with Gasteiger partial charge >= 0.3 is 29.6 Å². The summed E-state index contributed by atoms with van der Waals surface area (Å²) in [6, 6.07) is 0. The molecule has 1 fully saturated rings. The van der Waals surface area contributed by atoms with Crippen LogP contribution in [0, 0.1) is 0 Å². The van der Waals surface area contributed by atoms with Crippen molar-refractivity contribution in [1.29, 1.82) is 0 Å². The van der Waals surface area contributed by atoms with E-state index >= 15 is 0 Å². The molecule has 0 aromatic heterocycles. The van der Waals surface area contributed by atoms with Gasteiger partial charge in [0.2, 0.25) is 0 Å². The first-order valence-corrected chi connectivity index (χ1v) is 5.65. The Hall–Kier alpha value is 0.950. The van der Waals surface area contributed by atoms with Crippen molar-refractivity contribution in [3.8, 4) is 0 Å². The van der Waals surface area contributed by atoms with Gasteiger partial charge in [0.1, 0.15) is 24.4 Å². The van der Waals surface area contributed by atoms with Crippen molar-refractivity contribution < 1.29 is 68.5 Å². The SMILES string of the molecule is O=P([O-])(O)OCC1OCC(O)C(O)C1O.[Na+]. The third-order valence-electron chi connectivity index (χ3n) is 2.01. The molecular weight excluding hydrogens is 254 g/mol. The van der Waals surface area contributed by atoms with Gasteiger partial charge in [0.05, 0.1) is 13.2 Å². The smallest absolute Gasteiger partial charge is 0.756 e. The Labute approximate surface area is 114 Å². The summed E-state index contributed by atoms with van der Waals surface area (Å²) in [4.78, 5) is 18.5. The van der Waals surface area contributed by atoms with Crippen LogP contribution in [-0.2, 0) is 13.8 Å². The molecule has 5 atom stereocenters. The van der Waals surface area contributed by atoms with Crippen molar-refractivity contribution in [3.05, 3.63) is 0 Å². The van der Waals surface area contributed by atoms with Crippen LogP contribution in [0.5, 0.6) is 0 Å². The van der Waals surface area contributed by atoms with E-state index in [-0.39, 0.29) is 36.2 Å². The number of rotatable bonds is 3. The van der Waals surface area contributed by atoms with E-state index in [9.17, 15) is 19.7 Å². The van der Waals surface area contributed by atoms with E-state index in [0.29, 0.717) is 0 Å². The van der Waals surface area contributed by atoms with Gasteiger partial charge in [0.25, 0.3) is 7.82 Å². The Balaban J connectivity index is 0.00000225. The second-order valence-corrected chi connectivity index (χ2v) is 4.38. The fraction of sp³-hybridized carbons (Fsp3) is 1.00. The molecule has 8 nitrogen and oxygen atoms in total. The van der Waals surface area contributed by atoms with Crippen LogP contribution in [0.3, 0.4) is 0 Å². The van der Waals surface area contributed by atoms with Crippen LogP contribution in [0.2, 0.25) is 0 Å². The van der Waals surface area contributed by atoms with E-state index in [1.54, 1.807) is 0 Å². The van der Waals surface area contributed by atoms with Crippen LogP contribution < -0.4 is 34.5 Å². The molecule has 5 unspecified atom stereocenters. The van der Waals surface area contributed by atoms with E-state index in [1.807, 2.05) is 0 Å². The Kier molecular flexibility index (Phi) is 7.17. The number of phosphoric acid groups is 1. The van der Waals surface area contributed by atoms with Crippen LogP contribution in [0.15, 0.2) is 0 Å². The van der Waals surface area contributed by atoms with Crippen molar-refractivity contribution in [1.82, 2.24) is 0 Å². The maximum atomic E-state index is 10.2. The van der Waals surface area contributed by atoms with Gasteiger partial charge in [-0.1, -0.05) is 0 Å². The summed E-state index contributed by atoms with van der Waals surface area (Å²) >= 11 is 0. The largest absolute Gasteiger partial charge is 1.00 e. The molecule has 0 aliphatic carbocycles. The molecule has 16 heavy (non-hydrogen) atoms. The van der Waals surface area contributed by atoms with Crippen LogP contribution in [0.25, 0.3) is 0 Å². The normalized spacial score (nSPS) is 38.6. The van der Waals surface area contributed by atoms with Crippen LogP contribution >= 0.6 is 7.82 Å². The second kappa shape index (κ2) is 6.77. The molecule has 0 radical (unpaired) electrons. The molecule has 0 amide bonds. The molecular formula is C6H12NaO8P. The standard InChI is InChI=1S/C6H13O8P.Na/c7-3-1-13-4(6(9)5(3)8)2-14-15(10,11)12;/h3-9H,1-2H2,(H2,10,11,12);/q;+1/p-1. The van der Waals surface area contributed by atoms with Gasteiger partial charge in [-0.25, -0.2) is 0 Å². The third-order valence-corrected chi connectivity index (χ3v) is 2.48. The Morgan fingerprint density at radius 1 is 1.38 bits per heavy atom. The Morgan fingerprint density at radius 3 is 2.44 bits per heavy atom. The molecule has 1 aliphatic rings. The topological polar surface area (TPSA) is 140 Å². The number of aliphatic hydroxyl groups excluding tert-OH is 3. The van der Waals surface area contributed by atoms with E-state index in [0.717, 1.165) is 0 Å². The fourth-order valence-electron chi connectivity index (χ4n) is 1.18. The average Bonchev–Trinajstić information content (AvgIpc) is 2.12.